The lowest BCUT2D eigenvalue weighted by molar-refractivity contribution is 0.0572. The number of thiazole rings is 1. The Labute approximate surface area is 130 Å². The topological polar surface area (TPSA) is 42.4 Å². The Morgan fingerprint density at radius 1 is 1.24 bits per heavy atom. The molecule has 1 aromatic heterocycles. The van der Waals surface area contributed by atoms with Crippen molar-refractivity contribution in [2.45, 2.75) is 45.1 Å². The molecular weight excluding hydrogens is 282 g/mol. The molecule has 4 heteroatoms. The van der Waals surface area contributed by atoms with Gasteiger partial charge in [-0.2, -0.15) is 0 Å². The highest BCUT2D eigenvalue weighted by molar-refractivity contribution is 7.09. The van der Waals surface area contributed by atoms with Crippen LogP contribution < -0.4 is 4.74 Å². The van der Waals surface area contributed by atoms with Gasteiger partial charge in [0.05, 0.1) is 23.4 Å². The number of hydrogen-bond donors (Lipinski definition) is 1. The van der Waals surface area contributed by atoms with Gasteiger partial charge >= 0.3 is 0 Å². The Bertz CT molecular complexity index is 611. The summed E-state index contributed by atoms with van der Waals surface area (Å²) in [5.74, 6) is 0.752. The van der Waals surface area contributed by atoms with E-state index in [0.29, 0.717) is 6.42 Å². The standard InChI is InChI=1S/C17H23NO2S/c1-16(2,3)14-11-21-15(18-14)10-17(4,19)12-7-6-8-13(9-12)20-5/h6-9,11,19H,10H2,1-5H3. The van der Waals surface area contributed by atoms with Crippen LogP contribution in [0.3, 0.4) is 0 Å². The van der Waals surface area contributed by atoms with E-state index in [1.165, 1.54) is 0 Å². The minimum Gasteiger partial charge on any atom is -0.497 e. The van der Waals surface area contributed by atoms with Crippen molar-refractivity contribution in [2.75, 3.05) is 7.11 Å². The lowest BCUT2D eigenvalue weighted by Gasteiger charge is -2.23. The smallest absolute Gasteiger partial charge is 0.119 e. The number of benzene rings is 1. The van der Waals surface area contributed by atoms with Gasteiger partial charge in [0.1, 0.15) is 5.75 Å². The molecule has 2 rings (SSSR count). The number of aliphatic hydroxyl groups is 1. The molecule has 0 fully saturated rings. The molecule has 21 heavy (non-hydrogen) atoms. The molecule has 114 valence electrons. The zero-order valence-electron chi connectivity index (χ0n) is 13.3. The van der Waals surface area contributed by atoms with E-state index in [0.717, 1.165) is 22.0 Å². The Balaban J connectivity index is 2.22. The number of nitrogens with zero attached hydrogens (tertiary/aromatic N) is 1. The first kappa shape index (κ1) is 16.0. The lowest BCUT2D eigenvalue weighted by atomic mass is 9.92. The molecule has 0 aliphatic heterocycles. The van der Waals surface area contributed by atoms with Gasteiger partial charge in [-0.1, -0.05) is 32.9 Å². The maximum Gasteiger partial charge on any atom is 0.119 e. The van der Waals surface area contributed by atoms with Crippen LogP contribution in [0.4, 0.5) is 0 Å². The van der Waals surface area contributed by atoms with Crippen LogP contribution in [-0.4, -0.2) is 17.2 Å². The van der Waals surface area contributed by atoms with E-state index < -0.39 is 5.60 Å². The molecule has 2 aromatic rings. The second kappa shape index (κ2) is 5.78. The monoisotopic (exact) mass is 305 g/mol. The predicted molar refractivity (Wildman–Crippen MR) is 87.1 cm³/mol. The molecule has 0 saturated heterocycles. The Morgan fingerprint density at radius 3 is 2.52 bits per heavy atom. The minimum absolute atomic E-state index is 0.0383. The molecular formula is C17H23NO2S. The van der Waals surface area contributed by atoms with Crippen molar-refractivity contribution in [3.63, 3.8) is 0 Å². The number of hydrogen-bond acceptors (Lipinski definition) is 4. The van der Waals surface area contributed by atoms with Gasteiger partial charge in [-0.25, -0.2) is 4.98 Å². The summed E-state index contributed by atoms with van der Waals surface area (Å²) in [6.45, 7) is 8.25. The van der Waals surface area contributed by atoms with Crippen molar-refractivity contribution < 1.29 is 9.84 Å². The van der Waals surface area contributed by atoms with Crippen molar-refractivity contribution in [2.24, 2.45) is 0 Å². The van der Waals surface area contributed by atoms with E-state index in [4.69, 9.17) is 4.74 Å². The van der Waals surface area contributed by atoms with Crippen LogP contribution in [0, 0.1) is 0 Å². The van der Waals surface area contributed by atoms with Crippen LogP contribution in [0.5, 0.6) is 5.75 Å². The van der Waals surface area contributed by atoms with Crippen molar-refractivity contribution in [3.8, 4) is 5.75 Å². The van der Waals surface area contributed by atoms with Gasteiger partial charge in [0, 0.05) is 17.2 Å². The summed E-state index contributed by atoms with van der Waals surface area (Å²) < 4.78 is 5.22. The fourth-order valence-electron chi connectivity index (χ4n) is 2.09. The summed E-state index contributed by atoms with van der Waals surface area (Å²) in [6.07, 6.45) is 0.501. The fraction of sp³-hybridized carbons (Fsp3) is 0.471. The van der Waals surface area contributed by atoms with E-state index >= 15 is 0 Å². The average molecular weight is 305 g/mol. The zero-order chi connectivity index (χ0) is 15.7. The average Bonchev–Trinajstić information content (AvgIpc) is 2.86. The Kier molecular flexibility index (Phi) is 4.40. The maximum atomic E-state index is 10.8. The second-order valence-corrected chi connectivity index (χ2v) is 7.50. The number of aromatic nitrogens is 1. The molecule has 0 radical (unpaired) electrons. The number of rotatable bonds is 4. The van der Waals surface area contributed by atoms with Crippen molar-refractivity contribution >= 4 is 11.3 Å². The lowest BCUT2D eigenvalue weighted by Crippen LogP contribution is -2.24. The highest BCUT2D eigenvalue weighted by Gasteiger charge is 2.27. The molecule has 0 aliphatic carbocycles. The molecule has 1 heterocycles. The van der Waals surface area contributed by atoms with Gasteiger partial charge in [0.25, 0.3) is 0 Å². The summed E-state index contributed by atoms with van der Waals surface area (Å²) in [5.41, 5.74) is 0.997. The first-order valence-corrected chi connectivity index (χ1v) is 7.92. The van der Waals surface area contributed by atoms with Gasteiger partial charge in [-0.05, 0) is 24.6 Å². The minimum atomic E-state index is -0.957. The van der Waals surface area contributed by atoms with Gasteiger partial charge < -0.3 is 9.84 Å². The molecule has 0 amide bonds. The molecule has 1 N–H and O–H groups in total. The third-order valence-electron chi connectivity index (χ3n) is 3.51. The van der Waals surface area contributed by atoms with Crippen molar-refractivity contribution in [1.82, 2.24) is 4.98 Å². The SMILES string of the molecule is COc1cccc(C(C)(O)Cc2nc(C(C)(C)C)cs2)c1. The summed E-state index contributed by atoms with van der Waals surface area (Å²) in [7, 11) is 1.63. The Hall–Kier alpha value is -1.39. The first-order valence-electron chi connectivity index (χ1n) is 7.04. The largest absolute Gasteiger partial charge is 0.497 e. The molecule has 0 aliphatic rings. The summed E-state index contributed by atoms with van der Waals surface area (Å²) in [6, 6.07) is 7.56. The summed E-state index contributed by atoms with van der Waals surface area (Å²) >= 11 is 1.61. The molecule has 1 atom stereocenters. The molecule has 3 nitrogen and oxygen atoms in total. The van der Waals surface area contributed by atoms with Gasteiger partial charge in [0.2, 0.25) is 0 Å². The van der Waals surface area contributed by atoms with Crippen LogP contribution in [0.1, 0.15) is 44.0 Å². The normalized spacial score (nSPS) is 14.8. The highest BCUT2D eigenvalue weighted by Crippen LogP contribution is 2.31. The van der Waals surface area contributed by atoms with E-state index in [-0.39, 0.29) is 5.41 Å². The molecule has 0 spiro atoms. The zero-order valence-corrected chi connectivity index (χ0v) is 14.1. The molecule has 0 bridgehead atoms. The van der Waals surface area contributed by atoms with Crippen molar-refractivity contribution in [1.29, 1.82) is 0 Å². The number of methoxy groups -OCH3 is 1. The highest BCUT2D eigenvalue weighted by atomic mass is 32.1. The van der Waals surface area contributed by atoms with E-state index in [2.05, 4.69) is 31.1 Å². The third-order valence-corrected chi connectivity index (χ3v) is 4.36. The van der Waals surface area contributed by atoms with Crippen LogP contribution in [0.25, 0.3) is 0 Å². The quantitative estimate of drug-likeness (QED) is 0.931. The molecule has 0 saturated carbocycles. The summed E-state index contributed by atoms with van der Waals surface area (Å²) in [4.78, 5) is 4.66. The first-order chi connectivity index (χ1) is 9.72. The maximum absolute atomic E-state index is 10.8. The molecule has 1 aromatic carbocycles. The fourth-order valence-corrected chi connectivity index (χ4v) is 3.26. The number of ether oxygens (including phenoxy) is 1. The van der Waals surface area contributed by atoms with Gasteiger partial charge in [0.15, 0.2) is 0 Å². The van der Waals surface area contributed by atoms with Crippen LogP contribution in [0.15, 0.2) is 29.6 Å². The van der Waals surface area contributed by atoms with Crippen LogP contribution in [0.2, 0.25) is 0 Å². The molecule has 1 unspecified atom stereocenters. The van der Waals surface area contributed by atoms with Crippen LogP contribution in [-0.2, 0) is 17.4 Å². The predicted octanol–water partition coefficient (Wildman–Crippen LogP) is 3.90. The third kappa shape index (κ3) is 3.83. The van der Waals surface area contributed by atoms with Crippen LogP contribution >= 0.6 is 11.3 Å². The van der Waals surface area contributed by atoms with Gasteiger partial charge in [-0.3, -0.25) is 0 Å². The van der Waals surface area contributed by atoms with Crippen molar-refractivity contribution in [3.05, 3.63) is 45.9 Å². The van der Waals surface area contributed by atoms with E-state index in [1.807, 2.05) is 31.2 Å². The second-order valence-electron chi connectivity index (χ2n) is 6.56. The Morgan fingerprint density at radius 2 is 1.95 bits per heavy atom. The summed E-state index contributed by atoms with van der Waals surface area (Å²) in [5, 5.41) is 13.8. The van der Waals surface area contributed by atoms with Gasteiger partial charge in [-0.15, -0.1) is 11.3 Å². The van der Waals surface area contributed by atoms with E-state index in [1.54, 1.807) is 18.4 Å². The van der Waals surface area contributed by atoms with E-state index in [9.17, 15) is 5.11 Å².